The highest BCUT2D eigenvalue weighted by molar-refractivity contribution is 7.10. The highest BCUT2D eigenvalue weighted by Crippen LogP contribution is 2.30. The van der Waals surface area contributed by atoms with Gasteiger partial charge in [-0.15, -0.1) is 11.3 Å². The third-order valence-corrected chi connectivity index (χ3v) is 5.05. The number of nitrogens with zero attached hydrogens (tertiary/aromatic N) is 1. The molecule has 21 heavy (non-hydrogen) atoms. The monoisotopic (exact) mass is 300 g/mol. The number of benzene rings is 1. The molecule has 4 nitrogen and oxygen atoms in total. The van der Waals surface area contributed by atoms with E-state index in [1.54, 1.807) is 11.3 Å². The van der Waals surface area contributed by atoms with Gasteiger partial charge in [-0.25, -0.2) is 0 Å². The molecule has 2 aliphatic heterocycles. The van der Waals surface area contributed by atoms with Crippen LogP contribution in [-0.4, -0.2) is 30.0 Å². The summed E-state index contributed by atoms with van der Waals surface area (Å²) in [5, 5.41) is 5.38. The average Bonchev–Trinajstić information content (AvgIpc) is 3.01. The number of rotatable bonds is 1. The van der Waals surface area contributed by atoms with Gasteiger partial charge < -0.3 is 15.0 Å². The van der Waals surface area contributed by atoms with E-state index in [1.165, 1.54) is 10.4 Å². The fourth-order valence-electron chi connectivity index (χ4n) is 2.89. The Balaban J connectivity index is 1.49. The van der Waals surface area contributed by atoms with E-state index in [0.717, 1.165) is 24.4 Å². The Labute approximate surface area is 127 Å². The molecule has 0 aliphatic carbocycles. The molecular formula is C16H16N2O2S. The number of carbonyl (C=O) groups is 1. The molecule has 0 saturated heterocycles. The number of para-hydroxylation sites is 2. The zero-order valence-electron chi connectivity index (χ0n) is 11.5. The summed E-state index contributed by atoms with van der Waals surface area (Å²) in [6.07, 6.45) is 0.523. The van der Waals surface area contributed by atoms with Crippen molar-refractivity contribution in [1.29, 1.82) is 0 Å². The summed E-state index contributed by atoms with van der Waals surface area (Å²) < 4.78 is 5.87. The topological polar surface area (TPSA) is 41.6 Å². The molecule has 5 heteroatoms. The van der Waals surface area contributed by atoms with Crippen molar-refractivity contribution < 1.29 is 9.53 Å². The first-order chi connectivity index (χ1) is 10.3. The molecule has 1 amide bonds. The van der Waals surface area contributed by atoms with E-state index >= 15 is 0 Å². The Bertz CT molecular complexity index is 682. The lowest BCUT2D eigenvalue weighted by Crippen LogP contribution is -2.48. The third-order valence-electron chi connectivity index (χ3n) is 4.03. The molecule has 4 rings (SSSR count). The van der Waals surface area contributed by atoms with Gasteiger partial charge >= 0.3 is 0 Å². The quantitative estimate of drug-likeness (QED) is 0.880. The molecule has 1 atom stereocenters. The van der Waals surface area contributed by atoms with Gasteiger partial charge in [0.2, 0.25) is 0 Å². The molecule has 1 aromatic carbocycles. The standard InChI is InChI=1S/C16H16N2O2S/c19-16(18-7-5-15-11(10-18)6-8-21-15)14-9-17-12-3-1-2-4-13(12)20-14/h1-4,6,8,14,17H,5,7,9-10H2. The molecule has 0 spiro atoms. The lowest BCUT2D eigenvalue weighted by molar-refractivity contribution is -0.139. The van der Waals surface area contributed by atoms with E-state index < -0.39 is 6.10 Å². The maximum atomic E-state index is 12.7. The van der Waals surface area contributed by atoms with Crippen LogP contribution in [0.2, 0.25) is 0 Å². The van der Waals surface area contributed by atoms with Crippen LogP contribution in [0.4, 0.5) is 5.69 Å². The fraction of sp³-hybridized carbons (Fsp3) is 0.312. The molecule has 0 radical (unpaired) electrons. The Hall–Kier alpha value is -2.01. The van der Waals surface area contributed by atoms with Crippen molar-refractivity contribution in [1.82, 2.24) is 4.90 Å². The number of thiophene rings is 1. The molecule has 1 N–H and O–H groups in total. The molecule has 0 saturated carbocycles. The number of carbonyl (C=O) groups excluding carboxylic acids is 1. The minimum absolute atomic E-state index is 0.0776. The first-order valence-electron chi connectivity index (χ1n) is 7.15. The largest absolute Gasteiger partial charge is 0.477 e. The maximum absolute atomic E-state index is 12.7. The highest BCUT2D eigenvalue weighted by Gasteiger charge is 2.31. The van der Waals surface area contributed by atoms with Crippen LogP contribution in [0.3, 0.4) is 0 Å². The number of anilines is 1. The second-order valence-corrected chi connectivity index (χ2v) is 6.36. The Kier molecular flexibility index (Phi) is 3.07. The van der Waals surface area contributed by atoms with Gasteiger partial charge in [0.05, 0.1) is 12.2 Å². The summed E-state index contributed by atoms with van der Waals surface area (Å²) in [5.74, 6) is 0.837. The van der Waals surface area contributed by atoms with Crippen LogP contribution in [0, 0.1) is 0 Å². The van der Waals surface area contributed by atoms with Crippen LogP contribution in [0.15, 0.2) is 35.7 Å². The van der Waals surface area contributed by atoms with Crippen molar-refractivity contribution in [2.45, 2.75) is 19.1 Å². The van der Waals surface area contributed by atoms with Crippen molar-refractivity contribution in [2.75, 3.05) is 18.4 Å². The van der Waals surface area contributed by atoms with Gasteiger partial charge in [-0.1, -0.05) is 12.1 Å². The number of hydrogen-bond acceptors (Lipinski definition) is 4. The van der Waals surface area contributed by atoms with Crippen LogP contribution in [0.5, 0.6) is 5.75 Å². The number of amides is 1. The number of nitrogens with one attached hydrogen (secondary N) is 1. The summed E-state index contributed by atoms with van der Waals surface area (Å²) >= 11 is 1.78. The van der Waals surface area contributed by atoms with Crippen LogP contribution >= 0.6 is 11.3 Å². The summed E-state index contributed by atoms with van der Waals surface area (Å²) in [6.45, 7) is 2.02. The van der Waals surface area contributed by atoms with E-state index in [0.29, 0.717) is 13.1 Å². The average molecular weight is 300 g/mol. The molecule has 2 aromatic rings. The van der Waals surface area contributed by atoms with Crippen molar-refractivity contribution in [2.24, 2.45) is 0 Å². The lowest BCUT2D eigenvalue weighted by atomic mass is 10.1. The van der Waals surface area contributed by atoms with E-state index in [1.807, 2.05) is 29.2 Å². The molecule has 1 unspecified atom stereocenters. The molecule has 0 bridgehead atoms. The smallest absolute Gasteiger partial charge is 0.265 e. The number of ether oxygens (including phenoxy) is 1. The van der Waals surface area contributed by atoms with E-state index in [-0.39, 0.29) is 5.91 Å². The summed E-state index contributed by atoms with van der Waals surface area (Å²) in [6, 6.07) is 9.87. The number of hydrogen-bond donors (Lipinski definition) is 1. The normalized spacial score (nSPS) is 20.0. The molecule has 1 aromatic heterocycles. The van der Waals surface area contributed by atoms with E-state index in [4.69, 9.17) is 4.74 Å². The highest BCUT2D eigenvalue weighted by atomic mass is 32.1. The van der Waals surface area contributed by atoms with Crippen molar-refractivity contribution in [3.8, 4) is 5.75 Å². The van der Waals surface area contributed by atoms with Crippen LogP contribution < -0.4 is 10.1 Å². The van der Waals surface area contributed by atoms with Crippen LogP contribution in [-0.2, 0) is 17.8 Å². The van der Waals surface area contributed by atoms with E-state index in [9.17, 15) is 4.79 Å². The molecule has 0 fully saturated rings. The van der Waals surface area contributed by atoms with Crippen molar-refractivity contribution >= 4 is 22.9 Å². The predicted octanol–water partition coefficient (Wildman–Crippen LogP) is 2.51. The summed E-state index contributed by atoms with van der Waals surface area (Å²) in [7, 11) is 0. The van der Waals surface area contributed by atoms with Gasteiger partial charge in [0, 0.05) is 18.0 Å². The van der Waals surface area contributed by atoms with Crippen LogP contribution in [0.25, 0.3) is 0 Å². The summed E-state index contributed by atoms with van der Waals surface area (Å²) in [4.78, 5) is 16.0. The first-order valence-corrected chi connectivity index (χ1v) is 8.03. The SMILES string of the molecule is O=C(C1CNc2ccccc2O1)N1CCc2sccc2C1. The first kappa shape index (κ1) is 12.7. The molecule has 2 aliphatic rings. The van der Waals surface area contributed by atoms with Crippen molar-refractivity contribution in [3.05, 3.63) is 46.2 Å². The van der Waals surface area contributed by atoms with Gasteiger partial charge in [-0.2, -0.15) is 0 Å². The minimum atomic E-state index is -0.430. The van der Waals surface area contributed by atoms with Crippen LogP contribution in [0.1, 0.15) is 10.4 Å². The van der Waals surface area contributed by atoms with Gasteiger partial charge in [-0.3, -0.25) is 4.79 Å². The minimum Gasteiger partial charge on any atom is -0.477 e. The third kappa shape index (κ3) is 2.27. The number of fused-ring (bicyclic) bond motifs is 2. The zero-order chi connectivity index (χ0) is 14.2. The van der Waals surface area contributed by atoms with Gasteiger partial charge in [0.25, 0.3) is 5.91 Å². The predicted molar refractivity (Wildman–Crippen MR) is 82.8 cm³/mol. The fourth-order valence-corrected chi connectivity index (χ4v) is 3.78. The Morgan fingerprint density at radius 2 is 2.24 bits per heavy atom. The second-order valence-electron chi connectivity index (χ2n) is 5.36. The van der Waals surface area contributed by atoms with Gasteiger partial charge in [0.15, 0.2) is 6.10 Å². The Morgan fingerprint density at radius 3 is 3.19 bits per heavy atom. The van der Waals surface area contributed by atoms with Crippen molar-refractivity contribution in [3.63, 3.8) is 0 Å². The van der Waals surface area contributed by atoms with E-state index in [2.05, 4.69) is 16.8 Å². The molecule has 108 valence electrons. The molecular weight excluding hydrogens is 284 g/mol. The Morgan fingerprint density at radius 1 is 1.33 bits per heavy atom. The zero-order valence-corrected chi connectivity index (χ0v) is 12.4. The summed E-state index contributed by atoms with van der Waals surface area (Å²) in [5.41, 5.74) is 2.24. The van der Waals surface area contributed by atoms with Gasteiger partial charge in [-0.05, 0) is 35.6 Å². The maximum Gasteiger partial charge on any atom is 0.265 e. The lowest BCUT2D eigenvalue weighted by Gasteiger charge is -2.33. The molecule has 3 heterocycles. The van der Waals surface area contributed by atoms with Gasteiger partial charge in [0.1, 0.15) is 5.75 Å². The second kappa shape index (κ2) is 5.07.